The summed E-state index contributed by atoms with van der Waals surface area (Å²) in [6.45, 7) is -0.276. The van der Waals surface area contributed by atoms with Crippen molar-refractivity contribution in [1.29, 1.82) is 0 Å². The van der Waals surface area contributed by atoms with Gasteiger partial charge in [0.15, 0.2) is 5.76 Å². The number of methoxy groups -OCH3 is 1. The number of hydrogen-bond acceptors (Lipinski definition) is 4. The second kappa shape index (κ2) is 5.66. The van der Waals surface area contributed by atoms with Crippen LogP contribution in [0.25, 0.3) is 11.0 Å². The average Bonchev–Trinajstić information content (AvgIpc) is 3.10. The maximum Gasteiger partial charge on any atom is 0.343 e. The van der Waals surface area contributed by atoms with E-state index < -0.39 is 24.1 Å². The predicted molar refractivity (Wildman–Crippen MR) is 78.9 cm³/mol. The molecule has 0 bridgehead atoms. The van der Waals surface area contributed by atoms with Crippen molar-refractivity contribution in [3.8, 4) is 0 Å². The molecule has 2 heterocycles. The van der Waals surface area contributed by atoms with E-state index in [1.807, 2.05) is 12.1 Å². The molecule has 0 saturated carbocycles. The number of carboxylic acids is 1. The Morgan fingerprint density at radius 2 is 2.17 bits per heavy atom. The Kier molecular flexibility index (Phi) is 3.81. The minimum atomic E-state index is -2.40. The van der Waals surface area contributed by atoms with Gasteiger partial charge in [-0.1, -0.05) is 18.2 Å². The lowest BCUT2D eigenvalue weighted by Gasteiger charge is -2.17. The molecule has 1 fully saturated rings. The summed E-state index contributed by atoms with van der Waals surface area (Å²) in [5.41, 5.74) is -1.28. The van der Waals surface area contributed by atoms with Gasteiger partial charge in [0.25, 0.3) is 5.91 Å². The number of carbonyl (C=O) groups excluding carboxylic acids is 1. The van der Waals surface area contributed by atoms with Gasteiger partial charge in [0.1, 0.15) is 5.58 Å². The Labute approximate surface area is 131 Å². The van der Waals surface area contributed by atoms with Gasteiger partial charge in [-0.05, 0) is 6.07 Å². The Morgan fingerprint density at radius 1 is 1.43 bits per heavy atom. The molecule has 0 spiro atoms. The molecular formula is C16H16FNO5. The van der Waals surface area contributed by atoms with Gasteiger partial charge in [0, 0.05) is 31.0 Å². The van der Waals surface area contributed by atoms with Crippen molar-refractivity contribution in [2.45, 2.75) is 18.7 Å². The summed E-state index contributed by atoms with van der Waals surface area (Å²) >= 11 is 0. The molecule has 1 aromatic heterocycles. The number of rotatable bonds is 4. The van der Waals surface area contributed by atoms with Crippen molar-refractivity contribution in [2.75, 3.05) is 20.2 Å². The van der Waals surface area contributed by atoms with Crippen molar-refractivity contribution in [1.82, 2.24) is 4.90 Å². The highest BCUT2D eigenvalue weighted by molar-refractivity contribution is 5.99. The van der Waals surface area contributed by atoms with E-state index in [0.29, 0.717) is 11.1 Å². The Bertz CT molecular complexity index is 771. The molecule has 122 valence electrons. The first kappa shape index (κ1) is 15.5. The number of likely N-dealkylation sites (tertiary alicyclic amines) is 1. The highest BCUT2D eigenvalue weighted by Gasteiger charge is 2.47. The maximum atomic E-state index is 14.2. The Hall–Kier alpha value is -2.41. The number of hydrogen-bond donors (Lipinski definition) is 1. The summed E-state index contributed by atoms with van der Waals surface area (Å²) in [5, 5.41) is 9.69. The molecule has 0 aliphatic carbocycles. The van der Waals surface area contributed by atoms with Crippen LogP contribution in [-0.4, -0.2) is 47.8 Å². The van der Waals surface area contributed by atoms with Gasteiger partial charge in [-0.3, -0.25) is 4.79 Å². The molecule has 0 radical (unpaired) electrons. The van der Waals surface area contributed by atoms with Gasteiger partial charge in [-0.25, -0.2) is 9.18 Å². The maximum absolute atomic E-state index is 14.2. The summed E-state index contributed by atoms with van der Waals surface area (Å²) in [5.74, 6) is -1.99. The van der Waals surface area contributed by atoms with Gasteiger partial charge >= 0.3 is 5.97 Å². The first-order valence-electron chi connectivity index (χ1n) is 7.17. The van der Waals surface area contributed by atoms with Gasteiger partial charge in [0.05, 0.1) is 13.2 Å². The number of amides is 1. The lowest BCUT2D eigenvalue weighted by molar-refractivity contribution is -0.149. The van der Waals surface area contributed by atoms with Gasteiger partial charge < -0.3 is 19.2 Å². The molecule has 1 amide bonds. The number of nitrogens with zero attached hydrogens (tertiary/aromatic N) is 1. The zero-order valence-corrected chi connectivity index (χ0v) is 12.5. The second-order valence-electron chi connectivity index (χ2n) is 5.59. The molecule has 7 heteroatoms. The van der Waals surface area contributed by atoms with Crippen molar-refractivity contribution in [2.24, 2.45) is 0 Å². The van der Waals surface area contributed by atoms with Crippen LogP contribution < -0.4 is 0 Å². The summed E-state index contributed by atoms with van der Waals surface area (Å²) in [7, 11) is 1.50. The quantitative estimate of drug-likeness (QED) is 0.934. The smallest absolute Gasteiger partial charge is 0.343 e. The summed E-state index contributed by atoms with van der Waals surface area (Å²) in [6.07, 6.45) is -0.228. The third-order valence-electron chi connectivity index (χ3n) is 4.07. The zero-order valence-electron chi connectivity index (χ0n) is 12.5. The molecule has 1 aliphatic rings. The van der Waals surface area contributed by atoms with E-state index in [2.05, 4.69) is 0 Å². The van der Waals surface area contributed by atoms with E-state index in [1.54, 1.807) is 12.1 Å². The molecule has 1 unspecified atom stereocenters. The monoisotopic (exact) mass is 321 g/mol. The topological polar surface area (TPSA) is 80.0 Å². The van der Waals surface area contributed by atoms with Crippen LogP contribution in [0, 0.1) is 0 Å². The number of furan rings is 1. The van der Waals surface area contributed by atoms with Crippen LogP contribution in [-0.2, 0) is 16.1 Å². The van der Waals surface area contributed by atoms with E-state index in [1.165, 1.54) is 12.0 Å². The molecular weight excluding hydrogens is 305 g/mol. The molecule has 2 aromatic rings. The molecule has 1 aromatic carbocycles. The number of alkyl halides is 1. The molecule has 1 aliphatic heterocycles. The van der Waals surface area contributed by atoms with E-state index >= 15 is 0 Å². The predicted octanol–water partition coefficient (Wildman–Crippen LogP) is 2.22. The number of carbonyl (C=O) groups is 2. The number of ether oxygens (including phenoxy) is 1. The fourth-order valence-electron chi connectivity index (χ4n) is 2.82. The molecule has 1 saturated heterocycles. The Morgan fingerprint density at radius 3 is 2.83 bits per heavy atom. The minimum absolute atomic E-state index is 0.0328. The third kappa shape index (κ3) is 2.57. The second-order valence-corrected chi connectivity index (χ2v) is 5.59. The lowest BCUT2D eigenvalue weighted by atomic mass is 10.1. The number of halogens is 1. The van der Waals surface area contributed by atoms with E-state index in [-0.39, 0.29) is 25.3 Å². The van der Waals surface area contributed by atoms with Crippen molar-refractivity contribution in [3.63, 3.8) is 0 Å². The summed E-state index contributed by atoms with van der Waals surface area (Å²) < 4.78 is 24.9. The number of benzene rings is 1. The van der Waals surface area contributed by atoms with Gasteiger partial charge in [-0.15, -0.1) is 0 Å². The highest BCUT2D eigenvalue weighted by atomic mass is 19.1. The molecule has 1 atom stereocenters. The normalized spacial score (nSPS) is 21.0. The lowest BCUT2D eigenvalue weighted by Crippen LogP contribution is -2.39. The largest absolute Gasteiger partial charge is 0.479 e. The number of fused-ring (bicyclic) bond motifs is 1. The minimum Gasteiger partial charge on any atom is -0.479 e. The fraction of sp³-hybridized carbons (Fsp3) is 0.375. The molecule has 3 rings (SSSR count). The van der Waals surface area contributed by atoms with Gasteiger partial charge in [0.2, 0.25) is 5.67 Å². The first-order chi connectivity index (χ1) is 11.0. The van der Waals surface area contributed by atoms with Crippen LogP contribution in [0.4, 0.5) is 4.39 Å². The number of carboxylic acid groups (broad SMARTS) is 1. The van der Waals surface area contributed by atoms with Crippen LogP contribution in [0.2, 0.25) is 0 Å². The van der Waals surface area contributed by atoms with Crippen LogP contribution in [0.1, 0.15) is 22.5 Å². The van der Waals surface area contributed by atoms with Crippen molar-refractivity contribution >= 4 is 22.8 Å². The van der Waals surface area contributed by atoms with Gasteiger partial charge in [-0.2, -0.15) is 0 Å². The number of para-hydroxylation sites is 1. The molecule has 23 heavy (non-hydrogen) atoms. The molecule has 1 N–H and O–H groups in total. The molecule has 6 nitrogen and oxygen atoms in total. The third-order valence-corrected chi connectivity index (χ3v) is 4.07. The average molecular weight is 321 g/mol. The van der Waals surface area contributed by atoms with Crippen LogP contribution >= 0.6 is 0 Å². The Balaban J connectivity index is 1.95. The summed E-state index contributed by atoms with van der Waals surface area (Å²) in [6, 6.07) is 7.14. The fourth-order valence-corrected chi connectivity index (χ4v) is 2.82. The zero-order chi connectivity index (χ0) is 16.6. The van der Waals surface area contributed by atoms with Crippen LogP contribution in [0.15, 0.2) is 28.7 Å². The SMILES string of the molecule is COCc1c(C(=O)N2CCC(F)(C(=O)O)C2)oc2ccccc12. The first-order valence-corrected chi connectivity index (χ1v) is 7.17. The standard InChI is InChI=1S/C16H16FNO5/c1-22-8-11-10-4-2-3-5-12(10)23-13(11)14(19)18-7-6-16(17,9-18)15(20)21/h2-5H,6-9H2,1H3,(H,20,21). The van der Waals surface area contributed by atoms with Crippen LogP contribution in [0.5, 0.6) is 0 Å². The summed E-state index contributed by atoms with van der Waals surface area (Å²) in [4.78, 5) is 24.8. The highest BCUT2D eigenvalue weighted by Crippen LogP contribution is 2.31. The van der Waals surface area contributed by atoms with E-state index in [9.17, 15) is 14.0 Å². The van der Waals surface area contributed by atoms with E-state index in [0.717, 1.165) is 5.39 Å². The number of aliphatic carboxylic acids is 1. The van der Waals surface area contributed by atoms with Crippen LogP contribution in [0.3, 0.4) is 0 Å². The van der Waals surface area contributed by atoms with Crippen molar-refractivity contribution in [3.05, 3.63) is 35.6 Å². The van der Waals surface area contributed by atoms with Crippen molar-refractivity contribution < 1.29 is 28.2 Å². The van der Waals surface area contributed by atoms with E-state index in [4.69, 9.17) is 14.3 Å².